The Morgan fingerprint density at radius 3 is 2.18 bits per heavy atom. The molecule has 0 radical (unpaired) electrons. The van der Waals surface area contributed by atoms with E-state index in [9.17, 15) is 4.79 Å². The van der Waals surface area contributed by atoms with Crippen molar-refractivity contribution in [2.45, 2.75) is 29.5 Å². The first-order valence-electron chi connectivity index (χ1n) is 3.09. The third kappa shape index (κ3) is 4.72. The summed E-state index contributed by atoms with van der Waals surface area (Å²) in [7, 11) is 0. The smallest absolute Gasteiger partial charge is 0.304 e. The van der Waals surface area contributed by atoms with Gasteiger partial charge in [-0.05, 0) is 6.92 Å². The summed E-state index contributed by atoms with van der Waals surface area (Å²) in [6.07, 6.45) is -0.160. The second-order valence-corrected chi connectivity index (χ2v) is 3.99. The minimum Gasteiger partial charge on any atom is -0.481 e. The van der Waals surface area contributed by atoms with Crippen LogP contribution in [0.5, 0.6) is 0 Å². The maximum absolute atomic E-state index is 10.2. The van der Waals surface area contributed by atoms with E-state index in [0.29, 0.717) is 0 Å². The predicted molar refractivity (Wildman–Crippen MR) is 46.8 cm³/mol. The monoisotopic (exact) mass is 218 g/mol. The van der Waals surface area contributed by atoms with Gasteiger partial charge < -0.3 is 5.11 Å². The van der Waals surface area contributed by atoms with Crippen molar-refractivity contribution in [1.29, 1.82) is 0 Å². The summed E-state index contributed by atoms with van der Waals surface area (Å²) in [4.78, 5) is 10.2. The SMILES string of the molecule is CC(Cl)C(Cl)C(Cl)CC(=O)O. The molecule has 66 valence electrons. The fourth-order valence-corrected chi connectivity index (χ4v) is 1.26. The Hall–Kier alpha value is 0.340. The molecule has 3 atom stereocenters. The van der Waals surface area contributed by atoms with Crippen molar-refractivity contribution in [3.63, 3.8) is 0 Å². The summed E-state index contributed by atoms with van der Waals surface area (Å²) in [6, 6.07) is 0. The van der Waals surface area contributed by atoms with Gasteiger partial charge in [0.25, 0.3) is 0 Å². The first-order chi connectivity index (χ1) is 4.95. The van der Waals surface area contributed by atoms with Gasteiger partial charge in [0, 0.05) is 5.38 Å². The van der Waals surface area contributed by atoms with Gasteiger partial charge in [-0.25, -0.2) is 0 Å². The third-order valence-corrected chi connectivity index (χ3v) is 2.79. The van der Waals surface area contributed by atoms with Crippen LogP contribution in [0.3, 0.4) is 0 Å². The first kappa shape index (κ1) is 11.3. The molecule has 0 fully saturated rings. The van der Waals surface area contributed by atoms with E-state index in [4.69, 9.17) is 39.9 Å². The van der Waals surface area contributed by atoms with Crippen molar-refractivity contribution in [2.24, 2.45) is 0 Å². The number of rotatable bonds is 4. The molecule has 3 unspecified atom stereocenters. The van der Waals surface area contributed by atoms with E-state index >= 15 is 0 Å². The molecule has 0 heterocycles. The van der Waals surface area contributed by atoms with Gasteiger partial charge in [-0.1, -0.05) is 0 Å². The molecule has 0 amide bonds. The molecule has 0 aromatic carbocycles. The van der Waals surface area contributed by atoms with Crippen LogP contribution < -0.4 is 0 Å². The van der Waals surface area contributed by atoms with E-state index in [1.807, 2.05) is 0 Å². The number of alkyl halides is 3. The van der Waals surface area contributed by atoms with Crippen molar-refractivity contribution in [3.8, 4) is 0 Å². The second kappa shape index (κ2) is 5.07. The van der Waals surface area contributed by atoms with Crippen LogP contribution in [0.25, 0.3) is 0 Å². The van der Waals surface area contributed by atoms with Crippen LogP contribution in [-0.2, 0) is 4.79 Å². The molecule has 0 aliphatic heterocycles. The molecule has 0 bridgehead atoms. The number of hydrogen-bond acceptors (Lipinski definition) is 1. The minimum atomic E-state index is -0.965. The number of carboxylic acids is 1. The molecule has 0 saturated carbocycles. The van der Waals surface area contributed by atoms with Crippen molar-refractivity contribution in [2.75, 3.05) is 0 Å². The number of carboxylic acid groups (broad SMARTS) is 1. The molecule has 0 spiro atoms. The lowest BCUT2D eigenvalue weighted by Crippen LogP contribution is -2.25. The van der Waals surface area contributed by atoms with Crippen molar-refractivity contribution in [1.82, 2.24) is 0 Å². The quantitative estimate of drug-likeness (QED) is 0.737. The fraction of sp³-hybridized carbons (Fsp3) is 0.833. The Bertz CT molecular complexity index is 138. The van der Waals surface area contributed by atoms with Crippen LogP contribution in [0.1, 0.15) is 13.3 Å². The highest BCUT2D eigenvalue weighted by molar-refractivity contribution is 6.35. The maximum Gasteiger partial charge on any atom is 0.304 e. The molecule has 0 aromatic rings. The average Bonchev–Trinajstić information content (AvgIpc) is 1.84. The molecule has 11 heavy (non-hydrogen) atoms. The lowest BCUT2D eigenvalue weighted by Gasteiger charge is -2.15. The first-order valence-corrected chi connectivity index (χ1v) is 4.40. The third-order valence-electron chi connectivity index (χ3n) is 1.15. The normalized spacial score (nSPS) is 18.9. The van der Waals surface area contributed by atoms with Gasteiger partial charge in [0.15, 0.2) is 0 Å². The van der Waals surface area contributed by atoms with E-state index in [0.717, 1.165) is 0 Å². The zero-order chi connectivity index (χ0) is 9.02. The molecule has 0 aliphatic rings. The van der Waals surface area contributed by atoms with Gasteiger partial charge in [0.1, 0.15) is 0 Å². The van der Waals surface area contributed by atoms with Crippen LogP contribution in [0, 0.1) is 0 Å². The largest absolute Gasteiger partial charge is 0.481 e. The van der Waals surface area contributed by atoms with Crippen LogP contribution >= 0.6 is 34.8 Å². The molecule has 0 aliphatic carbocycles. The molecule has 0 rings (SSSR count). The topological polar surface area (TPSA) is 37.3 Å². The number of aliphatic carboxylic acids is 1. The second-order valence-electron chi connectivity index (χ2n) is 2.24. The lowest BCUT2D eigenvalue weighted by atomic mass is 10.2. The van der Waals surface area contributed by atoms with E-state index in [1.165, 1.54) is 0 Å². The average molecular weight is 219 g/mol. The number of halogens is 3. The van der Waals surface area contributed by atoms with Gasteiger partial charge in [0.2, 0.25) is 0 Å². The van der Waals surface area contributed by atoms with E-state index in [2.05, 4.69) is 0 Å². The van der Waals surface area contributed by atoms with Crippen LogP contribution in [0.2, 0.25) is 0 Å². The zero-order valence-corrected chi connectivity index (χ0v) is 8.20. The Kier molecular flexibility index (Phi) is 5.23. The Morgan fingerprint density at radius 2 is 1.91 bits per heavy atom. The van der Waals surface area contributed by atoms with Gasteiger partial charge in [-0.2, -0.15) is 0 Å². The summed E-state index contributed by atoms with van der Waals surface area (Å²) < 4.78 is 0. The molecule has 2 nitrogen and oxygen atoms in total. The molecule has 0 aromatic heterocycles. The highest BCUT2D eigenvalue weighted by Gasteiger charge is 2.23. The highest BCUT2D eigenvalue weighted by Crippen LogP contribution is 2.20. The predicted octanol–water partition coefficient (Wildman–Crippen LogP) is 2.30. The number of carbonyl (C=O) groups is 1. The van der Waals surface area contributed by atoms with Crippen LogP contribution in [-0.4, -0.2) is 27.2 Å². The van der Waals surface area contributed by atoms with Crippen molar-refractivity contribution < 1.29 is 9.90 Å². The van der Waals surface area contributed by atoms with Gasteiger partial charge in [-0.15, -0.1) is 34.8 Å². The highest BCUT2D eigenvalue weighted by atomic mass is 35.5. The summed E-state index contributed by atoms with van der Waals surface area (Å²) in [6.45, 7) is 1.68. The molecular formula is C6H9Cl3O2. The van der Waals surface area contributed by atoms with Gasteiger partial charge in [0.05, 0.1) is 17.2 Å². The van der Waals surface area contributed by atoms with Crippen molar-refractivity contribution >= 4 is 40.8 Å². The summed E-state index contributed by atoms with van der Waals surface area (Å²) in [5.74, 6) is -0.965. The molecule has 1 N–H and O–H groups in total. The van der Waals surface area contributed by atoms with E-state index in [1.54, 1.807) is 6.92 Å². The maximum atomic E-state index is 10.2. The van der Waals surface area contributed by atoms with Gasteiger partial charge >= 0.3 is 5.97 Å². The number of hydrogen-bond donors (Lipinski definition) is 1. The Morgan fingerprint density at radius 1 is 1.45 bits per heavy atom. The van der Waals surface area contributed by atoms with Crippen molar-refractivity contribution in [3.05, 3.63) is 0 Å². The summed E-state index contributed by atoms with van der Waals surface area (Å²) in [5, 5.41) is 6.89. The zero-order valence-electron chi connectivity index (χ0n) is 5.93. The molecule has 5 heteroatoms. The summed E-state index contributed by atoms with van der Waals surface area (Å²) in [5.41, 5.74) is 0. The lowest BCUT2D eigenvalue weighted by molar-refractivity contribution is -0.137. The Labute approximate surface area is 80.4 Å². The summed E-state index contributed by atoms with van der Waals surface area (Å²) >= 11 is 16.9. The van der Waals surface area contributed by atoms with E-state index < -0.39 is 16.7 Å². The van der Waals surface area contributed by atoms with E-state index in [-0.39, 0.29) is 11.8 Å². The van der Waals surface area contributed by atoms with Crippen LogP contribution in [0.15, 0.2) is 0 Å². The van der Waals surface area contributed by atoms with Gasteiger partial charge in [-0.3, -0.25) is 4.79 Å². The van der Waals surface area contributed by atoms with Crippen LogP contribution in [0.4, 0.5) is 0 Å². The molecule has 0 saturated heterocycles. The fourth-order valence-electron chi connectivity index (χ4n) is 0.567. The minimum absolute atomic E-state index is 0.160. The Balaban J connectivity index is 3.82. The molecular weight excluding hydrogens is 210 g/mol. The standard InChI is InChI=1S/C6H9Cl3O2/c1-3(7)6(9)4(8)2-5(10)11/h3-4,6H,2H2,1H3,(H,10,11).